The van der Waals surface area contributed by atoms with E-state index in [4.69, 9.17) is 18.0 Å². The molecule has 1 rings (SSSR count). The molecule has 0 radical (unpaired) electrons. The molecule has 1 atom stereocenters. The van der Waals surface area contributed by atoms with Gasteiger partial charge in [0.15, 0.2) is 0 Å². The van der Waals surface area contributed by atoms with Crippen molar-refractivity contribution in [1.82, 2.24) is 9.88 Å². The van der Waals surface area contributed by atoms with Crippen LogP contribution in [-0.4, -0.2) is 27.8 Å². The van der Waals surface area contributed by atoms with Gasteiger partial charge < -0.3 is 10.6 Å². The van der Waals surface area contributed by atoms with E-state index in [-0.39, 0.29) is 16.8 Å². The van der Waals surface area contributed by atoms with E-state index in [2.05, 4.69) is 4.98 Å². The second-order valence-corrected chi connectivity index (χ2v) is 5.49. The SMILES string of the molecule is CC(C)C(C(=O)N(C)Cc1cscn1)C(N)=S. The Morgan fingerprint density at radius 2 is 2.29 bits per heavy atom. The molecule has 1 aromatic rings. The highest BCUT2D eigenvalue weighted by molar-refractivity contribution is 7.80. The van der Waals surface area contributed by atoms with Gasteiger partial charge in [0.05, 0.1) is 28.7 Å². The van der Waals surface area contributed by atoms with E-state index in [9.17, 15) is 4.79 Å². The monoisotopic (exact) mass is 271 g/mol. The normalized spacial score (nSPS) is 12.5. The van der Waals surface area contributed by atoms with Crippen LogP contribution in [0.2, 0.25) is 0 Å². The lowest BCUT2D eigenvalue weighted by molar-refractivity contribution is -0.133. The number of nitrogens with zero attached hydrogens (tertiary/aromatic N) is 2. The van der Waals surface area contributed by atoms with Crippen LogP contribution in [0.1, 0.15) is 19.5 Å². The van der Waals surface area contributed by atoms with Crippen LogP contribution in [0.4, 0.5) is 0 Å². The molecule has 94 valence electrons. The third-order valence-corrected chi connectivity index (χ3v) is 3.39. The molecule has 4 nitrogen and oxygen atoms in total. The van der Waals surface area contributed by atoms with Crippen LogP contribution in [-0.2, 0) is 11.3 Å². The van der Waals surface area contributed by atoms with Crippen LogP contribution >= 0.6 is 23.6 Å². The molecular weight excluding hydrogens is 254 g/mol. The highest BCUT2D eigenvalue weighted by Gasteiger charge is 2.27. The Bertz CT molecular complexity index is 389. The molecule has 1 amide bonds. The fourth-order valence-electron chi connectivity index (χ4n) is 1.61. The first-order valence-electron chi connectivity index (χ1n) is 5.34. The molecule has 0 aliphatic rings. The van der Waals surface area contributed by atoms with Crippen molar-refractivity contribution in [1.29, 1.82) is 0 Å². The number of amides is 1. The molecule has 0 bridgehead atoms. The Kier molecular flexibility index (Phi) is 5.02. The highest BCUT2D eigenvalue weighted by Crippen LogP contribution is 2.15. The first-order chi connectivity index (χ1) is 7.93. The highest BCUT2D eigenvalue weighted by atomic mass is 32.1. The molecule has 17 heavy (non-hydrogen) atoms. The third kappa shape index (κ3) is 3.74. The Hall–Kier alpha value is -1.01. The van der Waals surface area contributed by atoms with E-state index in [0.717, 1.165) is 5.69 Å². The molecule has 0 aromatic carbocycles. The van der Waals surface area contributed by atoms with Gasteiger partial charge >= 0.3 is 0 Å². The lowest BCUT2D eigenvalue weighted by Gasteiger charge is -2.24. The van der Waals surface area contributed by atoms with E-state index in [1.807, 2.05) is 19.2 Å². The molecule has 0 spiro atoms. The summed E-state index contributed by atoms with van der Waals surface area (Å²) in [7, 11) is 1.75. The maximum absolute atomic E-state index is 12.2. The average molecular weight is 271 g/mol. The van der Waals surface area contributed by atoms with Crippen LogP contribution in [0.3, 0.4) is 0 Å². The summed E-state index contributed by atoms with van der Waals surface area (Å²) in [5.74, 6) is -0.327. The average Bonchev–Trinajstić information content (AvgIpc) is 2.68. The Morgan fingerprint density at radius 3 is 2.71 bits per heavy atom. The van der Waals surface area contributed by atoms with Crippen molar-refractivity contribution >= 4 is 34.5 Å². The largest absolute Gasteiger partial charge is 0.393 e. The van der Waals surface area contributed by atoms with Crippen LogP contribution in [0.5, 0.6) is 0 Å². The fraction of sp³-hybridized carbons (Fsp3) is 0.545. The quantitative estimate of drug-likeness (QED) is 0.827. The van der Waals surface area contributed by atoms with Crippen LogP contribution in [0, 0.1) is 11.8 Å². The second-order valence-electron chi connectivity index (χ2n) is 4.30. The van der Waals surface area contributed by atoms with Crippen molar-refractivity contribution in [2.75, 3.05) is 7.05 Å². The first kappa shape index (κ1) is 14.1. The number of carbonyl (C=O) groups excluding carboxylic acids is 1. The van der Waals surface area contributed by atoms with E-state index >= 15 is 0 Å². The van der Waals surface area contributed by atoms with Crippen molar-refractivity contribution < 1.29 is 4.79 Å². The number of thiocarbonyl (C=S) groups is 1. The summed E-state index contributed by atoms with van der Waals surface area (Å²) in [6.07, 6.45) is 0. The summed E-state index contributed by atoms with van der Waals surface area (Å²) in [5, 5.41) is 1.93. The number of aromatic nitrogens is 1. The molecular formula is C11H17N3OS2. The standard InChI is InChI=1S/C11H17N3OS2/c1-7(2)9(10(12)16)11(15)14(3)4-8-5-17-6-13-8/h5-7,9H,4H2,1-3H3,(H2,12,16). The second kappa shape index (κ2) is 6.07. The topological polar surface area (TPSA) is 59.2 Å². The van der Waals surface area contributed by atoms with Gasteiger partial charge in [0.2, 0.25) is 5.91 Å². The van der Waals surface area contributed by atoms with Gasteiger partial charge in [-0.25, -0.2) is 4.98 Å². The summed E-state index contributed by atoms with van der Waals surface area (Å²) >= 11 is 6.47. The number of thiazole rings is 1. The van der Waals surface area contributed by atoms with Crippen molar-refractivity contribution in [3.8, 4) is 0 Å². The third-order valence-electron chi connectivity index (χ3n) is 2.50. The molecule has 6 heteroatoms. The molecule has 1 heterocycles. The Balaban J connectivity index is 2.70. The van der Waals surface area contributed by atoms with Gasteiger partial charge in [-0.3, -0.25) is 4.79 Å². The molecule has 0 saturated carbocycles. The lowest BCUT2D eigenvalue weighted by atomic mass is 9.94. The minimum absolute atomic E-state index is 0.0412. The number of carbonyl (C=O) groups is 1. The fourth-order valence-corrected chi connectivity index (χ4v) is 2.53. The number of hydrogen-bond donors (Lipinski definition) is 1. The number of rotatable bonds is 5. The van der Waals surface area contributed by atoms with E-state index in [0.29, 0.717) is 6.54 Å². The summed E-state index contributed by atoms with van der Waals surface area (Å²) in [6.45, 7) is 4.38. The van der Waals surface area contributed by atoms with Gasteiger partial charge in [-0.05, 0) is 5.92 Å². The number of nitrogens with two attached hydrogens (primary N) is 1. The zero-order valence-corrected chi connectivity index (χ0v) is 11.8. The molecule has 0 saturated heterocycles. The predicted octanol–water partition coefficient (Wildman–Crippen LogP) is 1.66. The maximum Gasteiger partial charge on any atom is 0.232 e. The van der Waals surface area contributed by atoms with Crippen molar-refractivity contribution in [3.63, 3.8) is 0 Å². The van der Waals surface area contributed by atoms with E-state index < -0.39 is 5.92 Å². The van der Waals surface area contributed by atoms with Crippen molar-refractivity contribution in [2.45, 2.75) is 20.4 Å². The van der Waals surface area contributed by atoms with Crippen LogP contribution < -0.4 is 5.73 Å². The van der Waals surface area contributed by atoms with Crippen LogP contribution in [0.15, 0.2) is 10.9 Å². The lowest BCUT2D eigenvalue weighted by Crippen LogP contribution is -2.41. The minimum atomic E-state index is -0.395. The van der Waals surface area contributed by atoms with Crippen molar-refractivity contribution in [2.24, 2.45) is 17.6 Å². The van der Waals surface area contributed by atoms with Gasteiger partial charge in [-0.15, -0.1) is 11.3 Å². The van der Waals surface area contributed by atoms with Crippen LogP contribution in [0.25, 0.3) is 0 Å². The van der Waals surface area contributed by atoms with Gasteiger partial charge in [-0.1, -0.05) is 26.1 Å². The predicted molar refractivity (Wildman–Crippen MR) is 73.7 cm³/mol. The molecule has 2 N–H and O–H groups in total. The zero-order valence-electron chi connectivity index (χ0n) is 10.2. The molecule has 0 fully saturated rings. The molecule has 1 aromatic heterocycles. The summed E-state index contributed by atoms with van der Waals surface area (Å²) in [6, 6.07) is 0. The first-order valence-corrected chi connectivity index (χ1v) is 6.70. The maximum atomic E-state index is 12.2. The van der Waals surface area contributed by atoms with Gasteiger partial charge in [0.1, 0.15) is 0 Å². The van der Waals surface area contributed by atoms with Gasteiger partial charge in [0, 0.05) is 12.4 Å². The van der Waals surface area contributed by atoms with Crippen molar-refractivity contribution in [3.05, 3.63) is 16.6 Å². The minimum Gasteiger partial charge on any atom is -0.393 e. The van der Waals surface area contributed by atoms with Gasteiger partial charge in [-0.2, -0.15) is 0 Å². The van der Waals surface area contributed by atoms with E-state index in [1.165, 1.54) is 11.3 Å². The smallest absolute Gasteiger partial charge is 0.232 e. The molecule has 0 aliphatic heterocycles. The Labute approximate surface area is 111 Å². The Morgan fingerprint density at radius 1 is 1.65 bits per heavy atom. The number of hydrogen-bond acceptors (Lipinski definition) is 4. The summed E-state index contributed by atoms with van der Waals surface area (Å²) in [5.41, 5.74) is 8.26. The zero-order chi connectivity index (χ0) is 13.0. The summed E-state index contributed by atoms with van der Waals surface area (Å²) < 4.78 is 0. The van der Waals surface area contributed by atoms with E-state index in [1.54, 1.807) is 17.5 Å². The van der Waals surface area contributed by atoms with Gasteiger partial charge in [0.25, 0.3) is 0 Å². The summed E-state index contributed by atoms with van der Waals surface area (Å²) in [4.78, 5) is 18.2. The molecule has 0 aliphatic carbocycles. The molecule has 1 unspecified atom stereocenters.